The number of amides is 1. The molecule has 1 aromatic carbocycles. The van der Waals surface area contributed by atoms with Crippen molar-refractivity contribution in [2.24, 2.45) is 0 Å². The summed E-state index contributed by atoms with van der Waals surface area (Å²) in [7, 11) is 0. The number of hydrogen-bond acceptors (Lipinski definition) is 3. The molecule has 0 aliphatic rings. The van der Waals surface area contributed by atoms with Crippen molar-refractivity contribution >= 4 is 5.91 Å². The molecule has 0 saturated carbocycles. The van der Waals surface area contributed by atoms with E-state index in [-0.39, 0.29) is 11.4 Å². The third kappa shape index (κ3) is 6.94. The summed E-state index contributed by atoms with van der Waals surface area (Å²) in [4.78, 5) is 11.6. The van der Waals surface area contributed by atoms with Crippen LogP contribution in [-0.4, -0.2) is 29.6 Å². The summed E-state index contributed by atoms with van der Waals surface area (Å²) in [6.07, 6.45) is -0.120. The van der Waals surface area contributed by atoms with E-state index in [9.17, 15) is 9.90 Å². The fourth-order valence-corrected chi connectivity index (χ4v) is 1.71. The van der Waals surface area contributed by atoms with Crippen molar-refractivity contribution < 1.29 is 9.90 Å². The standard InChI is InChI=1S/C15H24N2O2/c1-15(2,3)17-14(19)9-10-16-11-13(18)12-7-5-4-6-8-12/h4-8,13,16,18H,9-11H2,1-3H3,(H,17,19). The van der Waals surface area contributed by atoms with Gasteiger partial charge in [0.2, 0.25) is 5.91 Å². The zero-order valence-electron chi connectivity index (χ0n) is 11.9. The number of benzene rings is 1. The van der Waals surface area contributed by atoms with E-state index in [1.807, 2.05) is 51.1 Å². The van der Waals surface area contributed by atoms with Crippen molar-refractivity contribution in [3.05, 3.63) is 35.9 Å². The fraction of sp³-hybridized carbons (Fsp3) is 0.533. The minimum Gasteiger partial charge on any atom is -0.387 e. The lowest BCUT2D eigenvalue weighted by Gasteiger charge is -2.20. The van der Waals surface area contributed by atoms with E-state index in [1.54, 1.807) is 0 Å². The monoisotopic (exact) mass is 264 g/mol. The van der Waals surface area contributed by atoms with Gasteiger partial charge in [-0.05, 0) is 26.3 Å². The first-order chi connectivity index (χ1) is 8.88. The van der Waals surface area contributed by atoms with Crippen LogP contribution < -0.4 is 10.6 Å². The van der Waals surface area contributed by atoms with Crippen LogP contribution in [0.15, 0.2) is 30.3 Å². The van der Waals surface area contributed by atoms with Crippen molar-refractivity contribution in [3.63, 3.8) is 0 Å². The minimum atomic E-state index is -0.535. The highest BCUT2D eigenvalue weighted by Gasteiger charge is 2.13. The molecule has 1 rings (SSSR count). The second-order valence-electron chi connectivity index (χ2n) is 5.68. The molecule has 4 heteroatoms. The lowest BCUT2D eigenvalue weighted by atomic mass is 10.1. The van der Waals surface area contributed by atoms with Crippen LogP contribution in [0, 0.1) is 0 Å². The molecule has 0 aromatic heterocycles. The SMILES string of the molecule is CC(C)(C)NC(=O)CCNCC(O)c1ccccc1. The topological polar surface area (TPSA) is 61.4 Å². The summed E-state index contributed by atoms with van der Waals surface area (Å²) < 4.78 is 0. The van der Waals surface area contributed by atoms with Gasteiger partial charge in [-0.3, -0.25) is 4.79 Å². The van der Waals surface area contributed by atoms with Crippen LogP contribution in [-0.2, 0) is 4.79 Å². The highest BCUT2D eigenvalue weighted by molar-refractivity contribution is 5.76. The molecular formula is C15H24N2O2. The van der Waals surface area contributed by atoms with Crippen LogP contribution in [0.3, 0.4) is 0 Å². The first-order valence-electron chi connectivity index (χ1n) is 6.63. The Hall–Kier alpha value is -1.39. The van der Waals surface area contributed by atoms with E-state index in [2.05, 4.69) is 10.6 Å². The van der Waals surface area contributed by atoms with E-state index < -0.39 is 6.10 Å². The number of hydrogen-bond donors (Lipinski definition) is 3. The zero-order valence-corrected chi connectivity index (χ0v) is 11.9. The normalized spacial score (nSPS) is 13.1. The van der Waals surface area contributed by atoms with Crippen LogP contribution in [0.25, 0.3) is 0 Å². The van der Waals surface area contributed by atoms with E-state index >= 15 is 0 Å². The third-order valence-corrected chi connectivity index (χ3v) is 2.57. The lowest BCUT2D eigenvalue weighted by Crippen LogP contribution is -2.41. The Morgan fingerprint density at radius 2 is 1.89 bits per heavy atom. The summed E-state index contributed by atoms with van der Waals surface area (Å²) in [5, 5.41) is 15.9. The Morgan fingerprint density at radius 3 is 2.47 bits per heavy atom. The van der Waals surface area contributed by atoms with Crippen LogP contribution in [0.4, 0.5) is 0 Å². The van der Waals surface area contributed by atoms with Gasteiger partial charge >= 0.3 is 0 Å². The Labute approximate surface area is 115 Å². The van der Waals surface area contributed by atoms with Crippen LogP contribution in [0.5, 0.6) is 0 Å². The average molecular weight is 264 g/mol. The highest BCUT2D eigenvalue weighted by Crippen LogP contribution is 2.10. The lowest BCUT2D eigenvalue weighted by molar-refractivity contribution is -0.122. The molecule has 19 heavy (non-hydrogen) atoms. The van der Waals surface area contributed by atoms with Gasteiger partial charge in [-0.25, -0.2) is 0 Å². The van der Waals surface area contributed by atoms with Gasteiger partial charge in [-0.15, -0.1) is 0 Å². The average Bonchev–Trinajstić information content (AvgIpc) is 2.33. The molecule has 1 amide bonds. The molecule has 1 unspecified atom stereocenters. The molecule has 1 aromatic rings. The zero-order chi connectivity index (χ0) is 14.3. The molecule has 4 nitrogen and oxygen atoms in total. The number of carbonyl (C=O) groups is 1. The van der Waals surface area contributed by atoms with Crippen molar-refractivity contribution in [1.82, 2.24) is 10.6 Å². The van der Waals surface area contributed by atoms with Gasteiger partial charge in [-0.2, -0.15) is 0 Å². The van der Waals surface area contributed by atoms with E-state index in [4.69, 9.17) is 0 Å². The van der Waals surface area contributed by atoms with Gasteiger partial charge in [0, 0.05) is 25.0 Å². The Balaban J connectivity index is 2.19. The quantitative estimate of drug-likeness (QED) is 0.684. The maximum atomic E-state index is 11.6. The van der Waals surface area contributed by atoms with Crippen molar-refractivity contribution in [2.45, 2.75) is 38.8 Å². The van der Waals surface area contributed by atoms with Crippen LogP contribution in [0.2, 0.25) is 0 Å². The minimum absolute atomic E-state index is 0.0224. The summed E-state index contributed by atoms with van der Waals surface area (Å²) in [6, 6.07) is 9.49. The number of aliphatic hydroxyl groups excluding tert-OH is 1. The molecule has 0 heterocycles. The number of nitrogens with one attached hydrogen (secondary N) is 2. The van der Waals surface area contributed by atoms with Crippen LogP contribution in [0.1, 0.15) is 38.9 Å². The molecule has 3 N–H and O–H groups in total. The molecular weight excluding hydrogens is 240 g/mol. The van der Waals surface area contributed by atoms with Gasteiger partial charge in [0.1, 0.15) is 0 Å². The fourth-order valence-electron chi connectivity index (χ4n) is 1.71. The summed E-state index contributed by atoms with van der Waals surface area (Å²) in [5.74, 6) is 0.0224. The van der Waals surface area contributed by atoms with Crippen LogP contribution >= 0.6 is 0 Å². The van der Waals surface area contributed by atoms with E-state index in [0.29, 0.717) is 19.5 Å². The molecule has 1 atom stereocenters. The maximum absolute atomic E-state index is 11.6. The van der Waals surface area contributed by atoms with Gasteiger partial charge < -0.3 is 15.7 Å². The molecule has 0 aliphatic carbocycles. The Bertz CT molecular complexity index is 385. The van der Waals surface area contributed by atoms with Gasteiger partial charge in [0.15, 0.2) is 0 Å². The third-order valence-electron chi connectivity index (χ3n) is 2.57. The van der Waals surface area contributed by atoms with Crippen molar-refractivity contribution in [1.29, 1.82) is 0 Å². The van der Waals surface area contributed by atoms with Gasteiger partial charge in [-0.1, -0.05) is 30.3 Å². The maximum Gasteiger partial charge on any atom is 0.221 e. The molecule has 0 aliphatic heterocycles. The molecule has 0 fully saturated rings. The van der Waals surface area contributed by atoms with Crippen molar-refractivity contribution in [2.75, 3.05) is 13.1 Å². The molecule has 0 radical (unpaired) electrons. The van der Waals surface area contributed by atoms with E-state index in [1.165, 1.54) is 0 Å². The number of aliphatic hydroxyl groups is 1. The number of carbonyl (C=O) groups excluding carboxylic acids is 1. The second kappa shape index (κ2) is 7.26. The predicted octanol–water partition coefficient (Wildman–Crippen LogP) is 1.61. The summed E-state index contributed by atoms with van der Waals surface area (Å²) in [6.45, 7) is 6.88. The summed E-state index contributed by atoms with van der Waals surface area (Å²) in [5.41, 5.74) is 0.690. The van der Waals surface area contributed by atoms with E-state index in [0.717, 1.165) is 5.56 Å². The Morgan fingerprint density at radius 1 is 1.26 bits per heavy atom. The second-order valence-corrected chi connectivity index (χ2v) is 5.68. The molecule has 106 valence electrons. The first-order valence-corrected chi connectivity index (χ1v) is 6.63. The predicted molar refractivity (Wildman–Crippen MR) is 76.8 cm³/mol. The van der Waals surface area contributed by atoms with Gasteiger partial charge in [0.05, 0.1) is 6.10 Å². The highest BCUT2D eigenvalue weighted by atomic mass is 16.3. The molecule has 0 saturated heterocycles. The first kappa shape index (κ1) is 15.7. The molecule has 0 spiro atoms. The summed E-state index contributed by atoms with van der Waals surface area (Å²) >= 11 is 0. The van der Waals surface area contributed by atoms with Crippen molar-refractivity contribution in [3.8, 4) is 0 Å². The largest absolute Gasteiger partial charge is 0.387 e. The molecule has 0 bridgehead atoms. The number of rotatable bonds is 6. The Kier molecular flexibility index (Phi) is 5.99. The van der Waals surface area contributed by atoms with Gasteiger partial charge in [0.25, 0.3) is 0 Å². The smallest absolute Gasteiger partial charge is 0.221 e.